The predicted octanol–water partition coefficient (Wildman–Crippen LogP) is 3.02. The summed E-state index contributed by atoms with van der Waals surface area (Å²) in [6, 6.07) is 10.7. The molecule has 0 saturated heterocycles. The van der Waals surface area contributed by atoms with E-state index in [1.54, 1.807) is 13.0 Å². The molecule has 2 amide bonds. The molecule has 0 fully saturated rings. The molecule has 28 heavy (non-hydrogen) atoms. The van der Waals surface area contributed by atoms with Crippen LogP contribution in [-0.2, 0) is 9.59 Å². The summed E-state index contributed by atoms with van der Waals surface area (Å²) in [5.41, 5.74) is 6.85. The number of rotatable bonds is 7. The van der Waals surface area contributed by atoms with Crippen LogP contribution in [0.5, 0.6) is 5.75 Å². The van der Waals surface area contributed by atoms with E-state index in [0.717, 1.165) is 11.1 Å². The van der Waals surface area contributed by atoms with Crippen molar-refractivity contribution in [2.45, 2.75) is 39.7 Å². The number of nitrogens with one attached hydrogen (secondary N) is 2. The number of ketones is 1. The minimum atomic E-state index is -0.818. The minimum Gasteiger partial charge on any atom is -0.481 e. The molecule has 1 atom stereocenters. The minimum absolute atomic E-state index is 0.0537. The van der Waals surface area contributed by atoms with Crippen molar-refractivity contribution in [3.8, 4) is 5.75 Å². The van der Waals surface area contributed by atoms with Gasteiger partial charge in [-0.2, -0.15) is 0 Å². The molecule has 0 heterocycles. The number of carbonyl (C=O) groups excluding carboxylic acids is 3. The zero-order valence-corrected chi connectivity index (χ0v) is 16.0. The Morgan fingerprint density at radius 1 is 1.00 bits per heavy atom. The van der Waals surface area contributed by atoms with Gasteiger partial charge in [-0.15, -0.1) is 0 Å². The van der Waals surface area contributed by atoms with Crippen molar-refractivity contribution < 1.29 is 23.5 Å². The Balaban J connectivity index is 1.76. The predicted molar refractivity (Wildman–Crippen MR) is 102 cm³/mol. The Morgan fingerprint density at radius 3 is 2.36 bits per heavy atom. The average molecular weight is 386 g/mol. The highest BCUT2D eigenvalue weighted by molar-refractivity contribution is 5.98. The fraction of sp³-hybridized carbons (Fsp3) is 0.286. The van der Waals surface area contributed by atoms with Gasteiger partial charge in [0.2, 0.25) is 5.91 Å². The van der Waals surface area contributed by atoms with Crippen LogP contribution in [-0.4, -0.2) is 23.7 Å². The molecule has 0 aliphatic carbocycles. The molecule has 0 spiro atoms. The van der Waals surface area contributed by atoms with Crippen LogP contribution in [0.1, 0.15) is 41.3 Å². The maximum atomic E-state index is 12.9. The Kier molecular flexibility index (Phi) is 7.26. The maximum Gasteiger partial charge on any atom is 0.279 e. The van der Waals surface area contributed by atoms with Gasteiger partial charge in [-0.05, 0) is 62.2 Å². The van der Waals surface area contributed by atoms with Gasteiger partial charge in [0.1, 0.15) is 11.6 Å². The molecule has 7 heteroatoms. The zero-order valence-electron chi connectivity index (χ0n) is 16.0. The largest absolute Gasteiger partial charge is 0.481 e. The number of amides is 2. The first-order valence-electron chi connectivity index (χ1n) is 8.88. The molecule has 0 bridgehead atoms. The van der Waals surface area contributed by atoms with E-state index in [1.807, 2.05) is 26.0 Å². The van der Waals surface area contributed by atoms with Gasteiger partial charge in [0.15, 0.2) is 11.9 Å². The van der Waals surface area contributed by atoms with E-state index in [9.17, 15) is 18.8 Å². The van der Waals surface area contributed by atoms with Gasteiger partial charge in [-0.1, -0.05) is 12.1 Å². The molecule has 0 unspecified atom stereocenters. The molecule has 6 nitrogen and oxygen atoms in total. The van der Waals surface area contributed by atoms with Crippen LogP contribution < -0.4 is 15.6 Å². The third-order valence-electron chi connectivity index (χ3n) is 4.30. The van der Waals surface area contributed by atoms with Crippen molar-refractivity contribution in [3.05, 3.63) is 65.0 Å². The molecular weight excluding hydrogens is 363 g/mol. The van der Waals surface area contributed by atoms with E-state index in [-0.39, 0.29) is 18.6 Å². The van der Waals surface area contributed by atoms with Crippen molar-refractivity contribution in [2.24, 2.45) is 0 Å². The summed E-state index contributed by atoms with van der Waals surface area (Å²) in [5.74, 6) is -1.15. The van der Waals surface area contributed by atoms with E-state index < -0.39 is 23.7 Å². The van der Waals surface area contributed by atoms with Crippen molar-refractivity contribution in [2.75, 3.05) is 0 Å². The monoisotopic (exact) mass is 386 g/mol. The van der Waals surface area contributed by atoms with E-state index in [2.05, 4.69) is 10.9 Å². The van der Waals surface area contributed by atoms with Gasteiger partial charge >= 0.3 is 0 Å². The number of aryl methyl sites for hydroxylation is 1. The van der Waals surface area contributed by atoms with Gasteiger partial charge < -0.3 is 4.74 Å². The van der Waals surface area contributed by atoms with Crippen LogP contribution in [0.15, 0.2) is 42.5 Å². The summed E-state index contributed by atoms with van der Waals surface area (Å²) in [4.78, 5) is 35.9. The summed E-state index contributed by atoms with van der Waals surface area (Å²) in [6.07, 6.45) is -0.980. The molecule has 148 valence electrons. The molecule has 2 rings (SSSR count). The highest BCUT2D eigenvalue weighted by Crippen LogP contribution is 2.21. The topological polar surface area (TPSA) is 84.5 Å². The third kappa shape index (κ3) is 5.90. The number of ether oxygens (including phenoxy) is 1. The lowest BCUT2D eigenvalue weighted by atomic mass is 10.1. The second-order valence-corrected chi connectivity index (χ2v) is 6.43. The first-order valence-corrected chi connectivity index (χ1v) is 8.88. The lowest BCUT2D eigenvalue weighted by molar-refractivity contribution is -0.132. The SMILES string of the molecule is Cc1cccc(O[C@@H](C)C(=O)NNC(=O)CCC(=O)c2ccc(F)cc2)c1C. The van der Waals surface area contributed by atoms with E-state index in [0.29, 0.717) is 11.3 Å². The Hall–Kier alpha value is -3.22. The van der Waals surface area contributed by atoms with Crippen LogP contribution in [0.25, 0.3) is 0 Å². The van der Waals surface area contributed by atoms with E-state index in [1.165, 1.54) is 24.3 Å². The van der Waals surface area contributed by atoms with Gasteiger partial charge in [0.05, 0.1) is 0 Å². The normalized spacial score (nSPS) is 11.4. The van der Waals surface area contributed by atoms with Crippen LogP contribution >= 0.6 is 0 Å². The molecule has 0 radical (unpaired) electrons. The van der Waals surface area contributed by atoms with Crippen LogP contribution in [0.2, 0.25) is 0 Å². The fourth-order valence-corrected chi connectivity index (χ4v) is 2.40. The summed E-state index contributed by atoms with van der Waals surface area (Å²) in [6.45, 7) is 5.41. The number of benzene rings is 2. The summed E-state index contributed by atoms with van der Waals surface area (Å²) >= 11 is 0. The molecule has 2 N–H and O–H groups in total. The molecular formula is C21H23FN2O4. The number of carbonyl (C=O) groups is 3. The van der Waals surface area contributed by atoms with E-state index >= 15 is 0 Å². The van der Waals surface area contributed by atoms with E-state index in [4.69, 9.17) is 4.74 Å². The lowest BCUT2D eigenvalue weighted by Gasteiger charge is -2.17. The maximum absolute atomic E-state index is 12.9. The quantitative estimate of drug-likeness (QED) is 0.566. The smallest absolute Gasteiger partial charge is 0.279 e. The van der Waals surface area contributed by atoms with Crippen molar-refractivity contribution in [1.82, 2.24) is 10.9 Å². The fourth-order valence-electron chi connectivity index (χ4n) is 2.40. The van der Waals surface area contributed by atoms with Gasteiger partial charge in [0.25, 0.3) is 5.91 Å². The number of hydrogen-bond acceptors (Lipinski definition) is 4. The van der Waals surface area contributed by atoms with Gasteiger partial charge in [0, 0.05) is 18.4 Å². The zero-order chi connectivity index (χ0) is 20.7. The standard InChI is InChI=1S/C21H23FN2O4/c1-13-5-4-6-19(14(13)2)28-15(3)21(27)24-23-20(26)12-11-18(25)16-7-9-17(22)10-8-16/h4-10,15H,11-12H2,1-3H3,(H,23,26)(H,24,27)/t15-/m0/s1. The number of hydrogen-bond donors (Lipinski definition) is 2. The second kappa shape index (κ2) is 9.64. The highest BCUT2D eigenvalue weighted by Gasteiger charge is 2.17. The molecule has 0 aliphatic heterocycles. The highest BCUT2D eigenvalue weighted by atomic mass is 19.1. The number of Topliss-reactive ketones (excluding diaryl/α,β-unsaturated/α-hetero) is 1. The Bertz CT molecular complexity index is 865. The van der Waals surface area contributed by atoms with Crippen LogP contribution in [0, 0.1) is 19.7 Å². The Labute approximate surface area is 163 Å². The molecule has 0 saturated carbocycles. The third-order valence-corrected chi connectivity index (χ3v) is 4.30. The molecule has 0 aromatic heterocycles. The van der Waals surface area contributed by atoms with Crippen molar-refractivity contribution in [3.63, 3.8) is 0 Å². The average Bonchev–Trinajstić information content (AvgIpc) is 2.68. The second-order valence-electron chi connectivity index (χ2n) is 6.43. The van der Waals surface area contributed by atoms with Gasteiger partial charge in [-0.3, -0.25) is 25.2 Å². The number of hydrazine groups is 1. The Morgan fingerprint density at radius 2 is 1.68 bits per heavy atom. The van der Waals surface area contributed by atoms with Gasteiger partial charge in [-0.25, -0.2) is 4.39 Å². The van der Waals surface area contributed by atoms with Crippen molar-refractivity contribution in [1.29, 1.82) is 0 Å². The number of halogens is 1. The lowest BCUT2D eigenvalue weighted by Crippen LogP contribution is -2.47. The van der Waals surface area contributed by atoms with Crippen molar-refractivity contribution >= 4 is 17.6 Å². The summed E-state index contributed by atoms with van der Waals surface area (Å²) in [7, 11) is 0. The molecule has 2 aromatic rings. The van der Waals surface area contributed by atoms with Crippen LogP contribution in [0.4, 0.5) is 4.39 Å². The first kappa shape index (κ1) is 21.1. The molecule has 2 aromatic carbocycles. The van der Waals surface area contributed by atoms with Crippen LogP contribution in [0.3, 0.4) is 0 Å². The molecule has 0 aliphatic rings. The first-order chi connectivity index (χ1) is 13.3. The summed E-state index contributed by atoms with van der Waals surface area (Å²) < 4.78 is 18.5. The summed E-state index contributed by atoms with van der Waals surface area (Å²) in [5, 5.41) is 0.